The van der Waals surface area contributed by atoms with Crippen LogP contribution in [0.2, 0.25) is 0 Å². The number of aryl methyl sites for hydroxylation is 4. The minimum Gasteiger partial charge on any atom is -0.342 e. The summed E-state index contributed by atoms with van der Waals surface area (Å²) in [5.41, 5.74) is 11.0. The van der Waals surface area contributed by atoms with Gasteiger partial charge in [0.25, 0.3) is 0 Å². The maximum atomic E-state index is 5.39. The SMILES string of the molecule is Cc1ccc(Cn2cccc2/C=N/NC(=S)Nc2c(C)cc(C)cc2C)cc1. The molecular weight excluding hydrogens is 364 g/mol. The number of rotatable bonds is 5. The van der Waals surface area contributed by atoms with Gasteiger partial charge < -0.3 is 9.88 Å². The first-order valence-electron chi connectivity index (χ1n) is 9.31. The molecule has 3 aromatic rings. The lowest BCUT2D eigenvalue weighted by Gasteiger charge is -2.14. The molecule has 0 aliphatic heterocycles. The van der Waals surface area contributed by atoms with E-state index >= 15 is 0 Å². The van der Waals surface area contributed by atoms with E-state index in [4.69, 9.17) is 12.2 Å². The summed E-state index contributed by atoms with van der Waals surface area (Å²) in [6.45, 7) is 9.15. The molecule has 28 heavy (non-hydrogen) atoms. The molecule has 2 aromatic carbocycles. The summed E-state index contributed by atoms with van der Waals surface area (Å²) in [7, 11) is 0. The first-order chi connectivity index (χ1) is 13.4. The molecule has 0 saturated carbocycles. The van der Waals surface area contributed by atoms with Crippen LogP contribution < -0.4 is 10.7 Å². The van der Waals surface area contributed by atoms with E-state index in [1.807, 2.05) is 12.1 Å². The van der Waals surface area contributed by atoms with Gasteiger partial charge in [0, 0.05) is 18.4 Å². The van der Waals surface area contributed by atoms with Crippen molar-refractivity contribution < 1.29 is 0 Å². The molecule has 0 fully saturated rings. The van der Waals surface area contributed by atoms with Gasteiger partial charge >= 0.3 is 0 Å². The van der Waals surface area contributed by atoms with E-state index in [0.29, 0.717) is 5.11 Å². The van der Waals surface area contributed by atoms with Crippen molar-refractivity contribution >= 4 is 29.2 Å². The van der Waals surface area contributed by atoms with Gasteiger partial charge in [0.15, 0.2) is 5.11 Å². The number of nitrogens with zero attached hydrogens (tertiary/aromatic N) is 2. The van der Waals surface area contributed by atoms with Gasteiger partial charge in [-0.2, -0.15) is 5.10 Å². The average Bonchev–Trinajstić information content (AvgIpc) is 3.07. The quantitative estimate of drug-likeness (QED) is 0.362. The highest BCUT2D eigenvalue weighted by Gasteiger charge is 2.05. The Kier molecular flexibility index (Phi) is 6.26. The molecule has 0 spiro atoms. The Bertz CT molecular complexity index is 977. The fraction of sp³-hybridized carbons (Fsp3) is 0.217. The Morgan fingerprint density at radius 1 is 1.00 bits per heavy atom. The average molecular weight is 391 g/mol. The number of hydrogen-bond donors (Lipinski definition) is 2. The molecule has 1 heterocycles. The van der Waals surface area contributed by atoms with Crippen molar-refractivity contribution in [2.24, 2.45) is 5.10 Å². The van der Waals surface area contributed by atoms with E-state index in [9.17, 15) is 0 Å². The third-order valence-corrected chi connectivity index (χ3v) is 4.81. The molecule has 0 amide bonds. The molecular formula is C23H26N4S. The largest absolute Gasteiger partial charge is 0.342 e. The van der Waals surface area contributed by atoms with Gasteiger partial charge in [-0.15, -0.1) is 0 Å². The van der Waals surface area contributed by atoms with E-state index in [0.717, 1.165) is 29.1 Å². The van der Waals surface area contributed by atoms with Crippen molar-refractivity contribution in [2.45, 2.75) is 34.2 Å². The zero-order valence-electron chi connectivity index (χ0n) is 16.8. The van der Waals surface area contributed by atoms with Gasteiger partial charge in [-0.3, -0.25) is 5.43 Å². The molecule has 0 atom stereocenters. The van der Waals surface area contributed by atoms with Gasteiger partial charge in [0.2, 0.25) is 0 Å². The van der Waals surface area contributed by atoms with E-state index in [1.54, 1.807) is 6.21 Å². The van der Waals surface area contributed by atoms with Crippen molar-refractivity contribution in [1.82, 2.24) is 9.99 Å². The van der Waals surface area contributed by atoms with Crippen molar-refractivity contribution in [3.8, 4) is 0 Å². The number of aromatic nitrogens is 1. The molecule has 0 unspecified atom stereocenters. The number of benzene rings is 2. The number of thiocarbonyl (C=S) groups is 1. The zero-order valence-corrected chi connectivity index (χ0v) is 17.6. The minimum atomic E-state index is 0.475. The number of hydrazone groups is 1. The Balaban J connectivity index is 1.62. The van der Waals surface area contributed by atoms with Crippen LogP contribution in [0.1, 0.15) is 33.5 Å². The summed E-state index contributed by atoms with van der Waals surface area (Å²) in [6.07, 6.45) is 3.84. The van der Waals surface area contributed by atoms with Gasteiger partial charge in [-0.25, -0.2) is 0 Å². The first-order valence-corrected chi connectivity index (χ1v) is 9.72. The summed E-state index contributed by atoms with van der Waals surface area (Å²) in [5, 5.41) is 8.02. The Hall–Kier alpha value is -2.92. The highest BCUT2D eigenvalue weighted by molar-refractivity contribution is 7.80. The normalized spacial score (nSPS) is 11.0. The van der Waals surface area contributed by atoms with Crippen LogP contribution in [0.4, 0.5) is 5.69 Å². The second-order valence-corrected chi connectivity index (χ2v) is 7.55. The molecule has 0 saturated heterocycles. The van der Waals surface area contributed by atoms with E-state index < -0.39 is 0 Å². The molecule has 3 rings (SSSR count). The lowest BCUT2D eigenvalue weighted by molar-refractivity contribution is 0.798. The zero-order chi connectivity index (χ0) is 20.1. The van der Waals surface area contributed by atoms with Crippen LogP contribution in [-0.4, -0.2) is 15.9 Å². The molecule has 5 heteroatoms. The van der Waals surface area contributed by atoms with Gasteiger partial charge in [0.05, 0.1) is 11.9 Å². The molecule has 144 valence electrons. The Morgan fingerprint density at radius 3 is 2.36 bits per heavy atom. The van der Waals surface area contributed by atoms with Gasteiger partial charge in [-0.05, 0) is 68.7 Å². The Labute approximate surface area is 172 Å². The van der Waals surface area contributed by atoms with Crippen LogP contribution in [0.25, 0.3) is 0 Å². The second kappa shape index (κ2) is 8.85. The molecule has 2 N–H and O–H groups in total. The maximum Gasteiger partial charge on any atom is 0.191 e. The monoisotopic (exact) mass is 390 g/mol. The van der Waals surface area contributed by atoms with Crippen LogP contribution in [-0.2, 0) is 6.54 Å². The highest BCUT2D eigenvalue weighted by atomic mass is 32.1. The number of anilines is 1. The number of hydrogen-bond acceptors (Lipinski definition) is 2. The minimum absolute atomic E-state index is 0.475. The summed E-state index contributed by atoms with van der Waals surface area (Å²) >= 11 is 5.39. The van der Waals surface area contributed by atoms with Crippen LogP contribution in [0.15, 0.2) is 59.8 Å². The van der Waals surface area contributed by atoms with E-state index in [2.05, 4.69) is 90.7 Å². The van der Waals surface area contributed by atoms with Crippen LogP contribution >= 0.6 is 12.2 Å². The summed E-state index contributed by atoms with van der Waals surface area (Å²) in [4.78, 5) is 0. The lowest BCUT2D eigenvalue weighted by Crippen LogP contribution is -2.25. The van der Waals surface area contributed by atoms with Gasteiger partial charge in [0.1, 0.15) is 0 Å². The Morgan fingerprint density at radius 2 is 1.68 bits per heavy atom. The molecule has 4 nitrogen and oxygen atoms in total. The van der Waals surface area contributed by atoms with Crippen LogP contribution in [0, 0.1) is 27.7 Å². The molecule has 0 aliphatic carbocycles. The van der Waals surface area contributed by atoms with Crippen molar-refractivity contribution in [2.75, 3.05) is 5.32 Å². The first kappa shape index (κ1) is 19.8. The molecule has 0 aliphatic rings. The summed E-state index contributed by atoms with van der Waals surface area (Å²) in [6, 6.07) is 16.9. The van der Waals surface area contributed by atoms with E-state index in [1.165, 1.54) is 16.7 Å². The standard InChI is InChI=1S/C23H26N4S/c1-16-7-9-20(10-8-16)15-27-11-5-6-21(27)14-24-26-23(28)25-22-18(3)12-17(2)13-19(22)4/h5-14H,15H2,1-4H3,(H2,25,26,28)/b24-14+. The smallest absolute Gasteiger partial charge is 0.191 e. The third kappa shape index (κ3) is 5.08. The fourth-order valence-corrected chi connectivity index (χ4v) is 3.41. The van der Waals surface area contributed by atoms with Crippen LogP contribution in [0.3, 0.4) is 0 Å². The van der Waals surface area contributed by atoms with Crippen molar-refractivity contribution in [3.05, 3.63) is 88.2 Å². The fourth-order valence-electron chi connectivity index (χ4n) is 3.25. The van der Waals surface area contributed by atoms with Gasteiger partial charge in [-0.1, -0.05) is 47.5 Å². The molecule has 0 bridgehead atoms. The van der Waals surface area contributed by atoms with Crippen LogP contribution in [0.5, 0.6) is 0 Å². The van der Waals surface area contributed by atoms with Crippen molar-refractivity contribution in [3.63, 3.8) is 0 Å². The predicted molar refractivity (Wildman–Crippen MR) is 122 cm³/mol. The van der Waals surface area contributed by atoms with E-state index in [-0.39, 0.29) is 0 Å². The second-order valence-electron chi connectivity index (χ2n) is 7.14. The lowest BCUT2D eigenvalue weighted by atomic mass is 10.1. The molecule has 1 aromatic heterocycles. The van der Waals surface area contributed by atoms with Crippen molar-refractivity contribution in [1.29, 1.82) is 0 Å². The molecule has 0 radical (unpaired) electrons. The summed E-state index contributed by atoms with van der Waals surface area (Å²) in [5.74, 6) is 0. The third-order valence-electron chi connectivity index (χ3n) is 4.62. The number of nitrogens with one attached hydrogen (secondary N) is 2. The summed E-state index contributed by atoms with van der Waals surface area (Å²) < 4.78 is 2.15. The topological polar surface area (TPSA) is 41.4 Å². The predicted octanol–water partition coefficient (Wildman–Crippen LogP) is 5.09. The highest BCUT2D eigenvalue weighted by Crippen LogP contribution is 2.21. The maximum absolute atomic E-state index is 5.39.